The number of nitrogens with zero attached hydrogens (tertiary/aromatic N) is 1. The van der Waals surface area contributed by atoms with E-state index in [4.69, 9.17) is 11.6 Å². The summed E-state index contributed by atoms with van der Waals surface area (Å²) in [5, 5.41) is 3.39. The molecule has 1 N–H and O–H groups in total. The van der Waals surface area contributed by atoms with Gasteiger partial charge < -0.3 is 10.2 Å². The van der Waals surface area contributed by atoms with Gasteiger partial charge in [-0.2, -0.15) is 0 Å². The van der Waals surface area contributed by atoms with Gasteiger partial charge in [-0.15, -0.1) is 0 Å². The van der Waals surface area contributed by atoms with Crippen molar-refractivity contribution >= 4 is 34.8 Å². The highest BCUT2D eigenvalue weighted by Crippen LogP contribution is 2.32. The summed E-state index contributed by atoms with van der Waals surface area (Å²) in [4.78, 5) is 25.5. The van der Waals surface area contributed by atoms with E-state index in [0.29, 0.717) is 17.1 Å². The van der Waals surface area contributed by atoms with Crippen LogP contribution in [0.3, 0.4) is 0 Å². The molecule has 1 aromatic carbocycles. The molecule has 20 heavy (non-hydrogen) atoms. The molecule has 1 aliphatic heterocycles. The minimum atomic E-state index is 0.0306. The third-order valence-corrected chi connectivity index (χ3v) is 4.40. The van der Waals surface area contributed by atoms with Crippen molar-refractivity contribution in [3.05, 3.63) is 23.2 Å². The zero-order valence-electron chi connectivity index (χ0n) is 11.2. The Kier molecular flexibility index (Phi) is 3.66. The third-order valence-electron chi connectivity index (χ3n) is 4.07. The summed E-state index contributed by atoms with van der Waals surface area (Å²) in [6, 6.07) is 5.35. The minimum absolute atomic E-state index is 0.0306. The van der Waals surface area contributed by atoms with Crippen LogP contribution in [0.4, 0.5) is 11.4 Å². The molecule has 1 heterocycles. The minimum Gasteiger partial charge on any atom is -0.324 e. The monoisotopic (exact) mass is 292 g/mol. The van der Waals surface area contributed by atoms with Crippen molar-refractivity contribution in [2.45, 2.75) is 32.1 Å². The summed E-state index contributed by atoms with van der Waals surface area (Å²) < 4.78 is 0. The molecule has 0 unspecified atom stereocenters. The number of carbonyl (C=O) groups excluding carboxylic acids is 2. The number of halogens is 1. The van der Waals surface area contributed by atoms with E-state index in [2.05, 4.69) is 5.32 Å². The van der Waals surface area contributed by atoms with Crippen LogP contribution in [0.1, 0.15) is 32.1 Å². The van der Waals surface area contributed by atoms with E-state index in [1.807, 2.05) is 6.07 Å². The van der Waals surface area contributed by atoms with E-state index >= 15 is 0 Å². The van der Waals surface area contributed by atoms with Gasteiger partial charge in [0.15, 0.2) is 0 Å². The number of benzene rings is 1. The maximum absolute atomic E-state index is 12.0. The lowest BCUT2D eigenvalue weighted by Gasteiger charge is -2.25. The SMILES string of the molecule is O=C(Nc1cc(N2CCCC2=O)ccc1Cl)C1CCC1. The number of hydrogen-bond acceptors (Lipinski definition) is 2. The van der Waals surface area contributed by atoms with Gasteiger partial charge in [-0.3, -0.25) is 9.59 Å². The highest BCUT2D eigenvalue weighted by molar-refractivity contribution is 6.34. The van der Waals surface area contributed by atoms with Crippen LogP contribution in [0, 0.1) is 5.92 Å². The van der Waals surface area contributed by atoms with Crippen LogP contribution in [-0.4, -0.2) is 18.4 Å². The van der Waals surface area contributed by atoms with Crippen LogP contribution in [0.15, 0.2) is 18.2 Å². The van der Waals surface area contributed by atoms with Gasteiger partial charge in [0.25, 0.3) is 0 Å². The number of carbonyl (C=O) groups is 2. The molecule has 0 spiro atoms. The fraction of sp³-hybridized carbons (Fsp3) is 0.467. The molecule has 1 aliphatic carbocycles. The van der Waals surface area contributed by atoms with Crippen LogP contribution in [0.5, 0.6) is 0 Å². The van der Waals surface area contributed by atoms with Gasteiger partial charge in [-0.1, -0.05) is 18.0 Å². The largest absolute Gasteiger partial charge is 0.324 e. The lowest BCUT2D eigenvalue weighted by atomic mass is 9.85. The first-order chi connectivity index (χ1) is 9.65. The Morgan fingerprint density at radius 3 is 2.70 bits per heavy atom. The molecule has 106 valence electrons. The Balaban J connectivity index is 1.79. The molecule has 0 bridgehead atoms. The maximum Gasteiger partial charge on any atom is 0.227 e. The molecule has 2 amide bonds. The van der Waals surface area contributed by atoms with Crippen LogP contribution < -0.4 is 10.2 Å². The number of anilines is 2. The van der Waals surface area contributed by atoms with E-state index in [1.54, 1.807) is 17.0 Å². The number of nitrogens with one attached hydrogen (secondary N) is 1. The molecule has 5 heteroatoms. The molecule has 4 nitrogen and oxygen atoms in total. The van der Waals surface area contributed by atoms with Crippen LogP contribution in [0.2, 0.25) is 5.02 Å². The first kappa shape index (κ1) is 13.4. The molecule has 2 fully saturated rings. The highest BCUT2D eigenvalue weighted by atomic mass is 35.5. The lowest BCUT2D eigenvalue weighted by molar-refractivity contribution is -0.122. The summed E-state index contributed by atoms with van der Waals surface area (Å²) in [5.74, 6) is 0.273. The van der Waals surface area contributed by atoms with E-state index < -0.39 is 0 Å². The fourth-order valence-electron chi connectivity index (χ4n) is 2.60. The maximum atomic E-state index is 12.0. The van der Waals surface area contributed by atoms with Crippen molar-refractivity contribution in [1.82, 2.24) is 0 Å². The Morgan fingerprint density at radius 1 is 1.30 bits per heavy atom. The van der Waals surface area contributed by atoms with Gasteiger partial charge in [-0.25, -0.2) is 0 Å². The number of rotatable bonds is 3. The van der Waals surface area contributed by atoms with Gasteiger partial charge in [0.1, 0.15) is 0 Å². The smallest absolute Gasteiger partial charge is 0.227 e. The second-order valence-electron chi connectivity index (χ2n) is 5.43. The molecule has 0 aromatic heterocycles. The first-order valence-corrected chi connectivity index (χ1v) is 7.44. The van der Waals surface area contributed by atoms with Crippen molar-refractivity contribution in [1.29, 1.82) is 0 Å². The average molecular weight is 293 g/mol. The lowest BCUT2D eigenvalue weighted by Crippen LogP contribution is -2.28. The average Bonchev–Trinajstić information content (AvgIpc) is 2.76. The Hall–Kier alpha value is -1.55. The summed E-state index contributed by atoms with van der Waals surface area (Å²) in [5.41, 5.74) is 1.40. The second kappa shape index (κ2) is 5.44. The first-order valence-electron chi connectivity index (χ1n) is 7.06. The molecule has 1 aromatic rings. The summed E-state index contributed by atoms with van der Waals surface area (Å²) in [7, 11) is 0. The standard InChI is InChI=1S/C15H17ClN2O2/c16-12-7-6-11(18-8-2-5-14(18)19)9-13(12)17-15(20)10-3-1-4-10/h6-7,9-10H,1-5,8H2,(H,17,20). The molecular weight excluding hydrogens is 276 g/mol. The zero-order chi connectivity index (χ0) is 14.1. The van der Waals surface area contributed by atoms with Gasteiger partial charge in [0.2, 0.25) is 11.8 Å². The highest BCUT2D eigenvalue weighted by Gasteiger charge is 2.26. The fourth-order valence-corrected chi connectivity index (χ4v) is 2.77. The second-order valence-corrected chi connectivity index (χ2v) is 5.84. The van der Waals surface area contributed by atoms with Crippen molar-refractivity contribution in [3.8, 4) is 0 Å². The van der Waals surface area contributed by atoms with Crippen LogP contribution in [-0.2, 0) is 9.59 Å². The summed E-state index contributed by atoms with van der Waals surface area (Å²) in [6.07, 6.45) is 4.49. The number of amides is 2. The van der Waals surface area contributed by atoms with Gasteiger partial charge in [-0.05, 0) is 37.5 Å². The Morgan fingerprint density at radius 2 is 2.10 bits per heavy atom. The molecule has 2 aliphatic rings. The molecule has 0 radical (unpaired) electrons. The van der Waals surface area contributed by atoms with Gasteiger partial charge >= 0.3 is 0 Å². The molecule has 1 saturated heterocycles. The quantitative estimate of drug-likeness (QED) is 0.930. The topological polar surface area (TPSA) is 49.4 Å². The van der Waals surface area contributed by atoms with Crippen LogP contribution in [0.25, 0.3) is 0 Å². The van der Waals surface area contributed by atoms with E-state index in [1.165, 1.54) is 0 Å². The van der Waals surface area contributed by atoms with E-state index in [-0.39, 0.29) is 17.7 Å². The molecule has 1 saturated carbocycles. The number of hydrogen-bond donors (Lipinski definition) is 1. The third kappa shape index (κ3) is 2.52. The van der Waals surface area contributed by atoms with Crippen LogP contribution >= 0.6 is 11.6 Å². The molecule has 3 rings (SSSR count). The summed E-state index contributed by atoms with van der Waals surface area (Å²) in [6.45, 7) is 0.733. The van der Waals surface area contributed by atoms with Crippen molar-refractivity contribution in [2.24, 2.45) is 5.92 Å². The Bertz CT molecular complexity index is 555. The zero-order valence-corrected chi connectivity index (χ0v) is 11.9. The van der Waals surface area contributed by atoms with E-state index in [9.17, 15) is 9.59 Å². The Labute approximate surface area is 123 Å². The van der Waals surface area contributed by atoms with Gasteiger partial charge in [0, 0.05) is 24.6 Å². The van der Waals surface area contributed by atoms with Crippen molar-refractivity contribution < 1.29 is 9.59 Å². The van der Waals surface area contributed by atoms with Gasteiger partial charge in [0.05, 0.1) is 10.7 Å². The summed E-state index contributed by atoms with van der Waals surface area (Å²) >= 11 is 6.13. The predicted molar refractivity (Wildman–Crippen MR) is 79.0 cm³/mol. The van der Waals surface area contributed by atoms with E-state index in [0.717, 1.165) is 37.9 Å². The van der Waals surface area contributed by atoms with Crippen molar-refractivity contribution in [2.75, 3.05) is 16.8 Å². The van der Waals surface area contributed by atoms with Crippen molar-refractivity contribution in [3.63, 3.8) is 0 Å². The molecule has 0 atom stereocenters. The normalized spacial score (nSPS) is 19.1. The predicted octanol–water partition coefficient (Wildman–Crippen LogP) is 3.21. The molecular formula is C15H17ClN2O2.